The minimum Gasteiger partial charge on any atom is -0.294 e. The molecule has 0 spiro atoms. The molecule has 1 unspecified atom stereocenters. The topological polar surface area (TPSA) is 56.0 Å². The van der Waals surface area contributed by atoms with Crippen LogP contribution in [0.15, 0.2) is 17.1 Å². The first kappa shape index (κ1) is 17.2. The molecule has 1 saturated heterocycles. The molecule has 2 aliphatic heterocycles. The SMILES string of the molecule is O=c1cc2c(nn1CC1CCCN1Cc1cnn3c1CCCC3)CCCC2. The smallest absolute Gasteiger partial charge is 0.267 e. The number of rotatable bonds is 4. The second-order valence-electron chi connectivity index (χ2n) is 8.41. The van der Waals surface area contributed by atoms with Gasteiger partial charge in [-0.05, 0) is 69.9 Å². The summed E-state index contributed by atoms with van der Waals surface area (Å²) in [6.07, 6.45) is 12.5. The van der Waals surface area contributed by atoms with Crippen LogP contribution in [0.3, 0.4) is 0 Å². The highest BCUT2D eigenvalue weighted by Crippen LogP contribution is 2.25. The molecule has 1 aliphatic carbocycles. The Labute approximate surface area is 160 Å². The minimum absolute atomic E-state index is 0.0745. The third-order valence-corrected chi connectivity index (χ3v) is 6.60. The highest BCUT2D eigenvalue weighted by molar-refractivity contribution is 5.21. The summed E-state index contributed by atoms with van der Waals surface area (Å²) < 4.78 is 3.93. The van der Waals surface area contributed by atoms with Gasteiger partial charge in [-0.2, -0.15) is 10.2 Å². The maximum Gasteiger partial charge on any atom is 0.267 e. The van der Waals surface area contributed by atoms with E-state index in [9.17, 15) is 4.79 Å². The molecule has 0 amide bonds. The fraction of sp³-hybridized carbons (Fsp3) is 0.667. The highest BCUT2D eigenvalue weighted by atomic mass is 16.1. The van der Waals surface area contributed by atoms with Crippen LogP contribution in [-0.4, -0.2) is 37.0 Å². The molecule has 0 bridgehead atoms. The predicted octanol–water partition coefficient (Wildman–Crippen LogP) is 2.32. The molecule has 6 nitrogen and oxygen atoms in total. The summed E-state index contributed by atoms with van der Waals surface area (Å²) in [6.45, 7) is 3.84. The number of aryl methyl sites for hydroxylation is 3. The summed E-state index contributed by atoms with van der Waals surface area (Å²) in [4.78, 5) is 15.1. The standard InChI is InChI=1S/C21H29N5O/c27-21-12-16-6-1-2-8-19(16)23-26(21)15-18-7-5-10-24(18)14-17-13-22-25-11-4-3-9-20(17)25/h12-13,18H,1-11,14-15H2. The van der Waals surface area contributed by atoms with Gasteiger partial charge in [0.15, 0.2) is 0 Å². The Morgan fingerprint density at radius 1 is 1.04 bits per heavy atom. The lowest BCUT2D eigenvalue weighted by Crippen LogP contribution is -2.37. The molecule has 27 heavy (non-hydrogen) atoms. The van der Waals surface area contributed by atoms with Crippen molar-refractivity contribution in [2.24, 2.45) is 0 Å². The Bertz CT molecular complexity index is 883. The molecular formula is C21H29N5O. The second kappa shape index (κ2) is 7.23. The van der Waals surface area contributed by atoms with Gasteiger partial charge in [0.05, 0.1) is 18.4 Å². The third kappa shape index (κ3) is 3.35. The quantitative estimate of drug-likeness (QED) is 0.832. The fourth-order valence-corrected chi connectivity index (χ4v) is 5.08. The Balaban J connectivity index is 1.33. The van der Waals surface area contributed by atoms with Gasteiger partial charge in [-0.25, -0.2) is 4.68 Å². The van der Waals surface area contributed by atoms with Gasteiger partial charge in [-0.15, -0.1) is 0 Å². The fourth-order valence-electron chi connectivity index (χ4n) is 5.08. The van der Waals surface area contributed by atoms with Crippen molar-refractivity contribution in [3.63, 3.8) is 0 Å². The van der Waals surface area contributed by atoms with E-state index in [1.54, 1.807) is 4.68 Å². The van der Waals surface area contributed by atoms with Crippen molar-refractivity contribution >= 4 is 0 Å². The summed E-state index contributed by atoms with van der Waals surface area (Å²) in [5, 5.41) is 9.33. The summed E-state index contributed by atoms with van der Waals surface area (Å²) >= 11 is 0. The van der Waals surface area contributed by atoms with Gasteiger partial charge < -0.3 is 0 Å². The van der Waals surface area contributed by atoms with E-state index in [1.165, 1.54) is 48.9 Å². The maximum atomic E-state index is 12.6. The number of likely N-dealkylation sites (tertiary alicyclic amines) is 1. The number of fused-ring (bicyclic) bond motifs is 2. The molecule has 0 radical (unpaired) electrons. The van der Waals surface area contributed by atoms with Gasteiger partial charge in [0.25, 0.3) is 5.56 Å². The average Bonchev–Trinajstić information content (AvgIpc) is 3.30. The molecule has 4 heterocycles. The van der Waals surface area contributed by atoms with Crippen LogP contribution in [0.4, 0.5) is 0 Å². The van der Waals surface area contributed by atoms with E-state index in [-0.39, 0.29) is 5.56 Å². The average molecular weight is 367 g/mol. The number of aromatic nitrogens is 4. The first-order chi connectivity index (χ1) is 13.3. The highest BCUT2D eigenvalue weighted by Gasteiger charge is 2.28. The van der Waals surface area contributed by atoms with E-state index in [0.29, 0.717) is 6.04 Å². The van der Waals surface area contributed by atoms with Gasteiger partial charge in [-0.3, -0.25) is 14.4 Å². The molecule has 0 aromatic carbocycles. The lowest BCUT2D eigenvalue weighted by atomic mass is 9.97. The van der Waals surface area contributed by atoms with Crippen molar-refractivity contribution in [1.29, 1.82) is 0 Å². The van der Waals surface area contributed by atoms with Crippen LogP contribution < -0.4 is 5.56 Å². The van der Waals surface area contributed by atoms with Gasteiger partial charge in [-0.1, -0.05) is 0 Å². The molecule has 1 atom stereocenters. The number of hydrogen-bond donors (Lipinski definition) is 0. The zero-order valence-electron chi connectivity index (χ0n) is 16.1. The first-order valence-corrected chi connectivity index (χ1v) is 10.7. The van der Waals surface area contributed by atoms with Gasteiger partial charge >= 0.3 is 0 Å². The van der Waals surface area contributed by atoms with Gasteiger partial charge in [0.1, 0.15) is 0 Å². The van der Waals surface area contributed by atoms with Crippen LogP contribution in [0.2, 0.25) is 0 Å². The molecule has 6 heteroatoms. The number of hydrogen-bond acceptors (Lipinski definition) is 4. The van der Waals surface area contributed by atoms with E-state index < -0.39 is 0 Å². The summed E-state index contributed by atoms with van der Waals surface area (Å²) in [5.74, 6) is 0. The summed E-state index contributed by atoms with van der Waals surface area (Å²) in [5.41, 5.74) is 5.21. The minimum atomic E-state index is 0.0745. The van der Waals surface area contributed by atoms with Crippen molar-refractivity contribution in [3.8, 4) is 0 Å². The van der Waals surface area contributed by atoms with E-state index in [0.717, 1.165) is 57.6 Å². The molecule has 1 fully saturated rings. The lowest BCUT2D eigenvalue weighted by molar-refractivity contribution is 0.215. The van der Waals surface area contributed by atoms with Crippen molar-refractivity contribution < 1.29 is 0 Å². The van der Waals surface area contributed by atoms with Crippen molar-refractivity contribution in [3.05, 3.63) is 45.1 Å². The third-order valence-electron chi connectivity index (χ3n) is 6.60. The van der Waals surface area contributed by atoms with Gasteiger partial charge in [0, 0.05) is 36.5 Å². The van der Waals surface area contributed by atoms with Crippen molar-refractivity contribution in [2.45, 2.75) is 83.5 Å². The molecule has 2 aromatic rings. The second-order valence-corrected chi connectivity index (χ2v) is 8.41. The van der Waals surface area contributed by atoms with Crippen LogP contribution in [0.25, 0.3) is 0 Å². The molecule has 144 valence electrons. The molecule has 5 rings (SSSR count). The Hall–Kier alpha value is -1.95. The number of nitrogens with zero attached hydrogens (tertiary/aromatic N) is 5. The van der Waals surface area contributed by atoms with E-state index in [1.807, 2.05) is 6.07 Å². The van der Waals surface area contributed by atoms with Crippen molar-refractivity contribution in [1.82, 2.24) is 24.5 Å². The van der Waals surface area contributed by atoms with Gasteiger partial charge in [0.2, 0.25) is 0 Å². The normalized spacial score (nSPS) is 22.6. The maximum absolute atomic E-state index is 12.6. The molecule has 0 saturated carbocycles. The molecule has 0 N–H and O–H groups in total. The first-order valence-electron chi connectivity index (χ1n) is 10.7. The zero-order chi connectivity index (χ0) is 18.2. The van der Waals surface area contributed by atoms with E-state index in [2.05, 4.69) is 20.9 Å². The van der Waals surface area contributed by atoms with E-state index >= 15 is 0 Å². The predicted molar refractivity (Wildman–Crippen MR) is 104 cm³/mol. The largest absolute Gasteiger partial charge is 0.294 e. The Kier molecular flexibility index (Phi) is 4.60. The van der Waals surface area contributed by atoms with Crippen LogP contribution >= 0.6 is 0 Å². The molecule has 3 aliphatic rings. The van der Waals surface area contributed by atoms with Crippen LogP contribution in [0.5, 0.6) is 0 Å². The Morgan fingerprint density at radius 2 is 1.93 bits per heavy atom. The van der Waals surface area contributed by atoms with Crippen LogP contribution in [0.1, 0.15) is 61.0 Å². The van der Waals surface area contributed by atoms with E-state index in [4.69, 9.17) is 5.10 Å². The van der Waals surface area contributed by atoms with Crippen LogP contribution in [-0.2, 0) is 38.9 Å². The lowest BCUT2D eigenvalue weighted by Gasteiger charge is -2.26. The molecule has 2 aromatic heterocycles. The summed E-state index contributed by atoms with van der Waals surface area (Å²) in [6, 6.07) is 2.24. The zero-order valence-corrected chi connectivity index (χ0v) is 16.1. The molecular weight excluding hydrogens is 338 g/mol. The van der Waals surface area contributed by atoms with Crippen molar-refractivity contribution in [2.75, 3.05) is 6.54 Å². The van der Waals surface area contributed by atoms with Crippen LogP contribution in [0, 0.1) is 0 Å². The Morgan fingerprint density at radius 3 is 2.89 bits per heavy atom. The summed E-state index contributed by atoms with van der Waals surface area (Å²) in [7, 11) is 0. The monoisotopic (exact) mass is 367 g/mol.